The van der Waals surface area contributed by atoms with Crippen LogP contribution in [0.3, 0.4) is 0 Å². The van der Waals surface area contributed by atoms with Crippen LogP contribution in [-0.2, 0) is 33.4 Å². The van der Waals surface area contributed by atoms with Gasteiger partial charge >= 0.3 is 5.97 Å². The normalized spacial score (nSPS) is 22.5. The zero-order chi connectivity index (χ0) is 44.7. The van der Waals surface area contributed by atoms with E-state index in [2.05, 4.69) is 25.8 Å². The topological polar surface area (TPSA) is 173 Å². The minimum atomic E-state index is -1.10. The van der Waals surface area contributed by atoms with Crippen molar-refractivity contribution in [2.75, 3.05) is 74.1 Å². The second-order valence-electron chi connectivity index (χ2n) is 18.0. The molecular formula is C45H79N7O8. The SMILES string of the molecule is CCC(C)C(C(CC(=O)N1CCCC1C(OC)C(C)C(=O)NC(CC1C=CC=CC1)C(=O)O)OC)N(C)C(=O)C(NC(=O)C(C(C)C)N(C)CCN1CCNCC1)C(C)C. The Hall–Kier alpha value is -3.37. The number of hydrogen-bond acceptors (Lipinski definition) is 10. The summed E-state index contributed by atoms with van der Waals surface area (Å²) in [6, 6.07) is -3.17. The minimum absolute atomic E-state index is 0.00643. The summed E-state index contributed by atoms with van der Waals surface area (Å²) in [6.45, 7) is 19.7. The van der Waals surface area contributed by atoms with Gasteiger partial charge in [0.05, 0.1) is 42.7 Å². The molecule has 3 rings (SSSR count). The fourth-order valence-corrected chi connectivity index (χ4v) is 9.30. The molecule has 60 heavy (non-hydrogen) atoms. The summed E-state index contributed by atoms with van der Waals surface area (Å²) in [5, 5.41) is 19.2. The summed E-state index contributed by atoms with van der Waals surface area (Å²) < 4.78 is 12.0. The van der Waals surface area contributed by atoms with Gasteiger partial charge in [-0.25, -0.2) is 4.79 Å². The smallest absolute Gasteiger partial charge is 0.326 e. The van der Waals surface area contributed by atoms with Gasteiger partial charge in [-0.1, -0.05) is 79.2 Å². The van der Waals surface area contributed by atoms with Crippen LogP contribution in [0, 0.1) is 29.6 Å². The van der Waals surface area contributed by atoms with Gasteiger partial charge in [0, 0.05) is 67.1 Å². The van der Waals surface area contributed by atoms with Crippen LogP contribution in [0.2, 0.25) is 0 Å². The second-order valence-corrected chi connectivity index (χ2v) is 18.0. The molecule has 0 spiro atoms. The van der Waals surface area contributed by atoms with Gasteiger partial charge in [-0.15, -0.1) is 0 Å². The summed E-state index contributed by atoms with van der Waals surface area (Å²) in [4.78, 5) is 76.5. The first-order valence-electron chi connectivity index (χ1n) is 22.4. The number of carboxylic acids is 1. The number of nitrogens with one attached hydrogen (secondary N) is 3. The highest BCUT2D eigenvalue weighted by atomic mass is 16.5. The molecule has 2 fully saturated rings. The van der Waals surface area contributed by atoms with Crippen LogP contribution in [-0.4, -0.2) is 171 Å². The van der Waals surface area contributed by atoms with E-state index in [4.69, 9.17) is 9.47 Å². The number of methoxy groups -OCH3 is 2. The number of allylic oxidation sites excluding steroid dienone is 4. The van der Waals surface area contributed by atoms with Gasteiger partial charge in [-0.2, -0.15) is 0 Å². The summed E-state index contributed by atoms with van der Waals surface area (Å²) in [6.07, 6.45) is 9.44. The van der Waals surface area contributed by atoms with Crippen LogP contribution >= 0.6 is 0 Å². The number of carbonyl (C=O) groups is 5. The lowest BCUT2D eigenvalue weighted by Crippen LogP contribution is -2.60. The number of amides is 4. The number of carbonyl (C=O) groups excluding carboxylic acids is 4. The lowest BCUT2D eigenvalue weighted by molar-refractivity contribution is -0.148. The van der Waals surface area contributed by atoms with Crippen LogP contribution in [0.5, 0.6) is 0 Å². The van der Waals surface area contributed by atoms with E-state index in [0.717, 1.165) is 45.7 Å². The molecule has 0 saturated carbocycles. The Morgan fingerprint density at radius 3 is 2.15 bits per heavy atom. The van der Waals surface area contributed by atoms with Gasteiger partial charge < -0.3 is 40.3 Å². The highest BCUT2D eigenvalue weighted by molar-refractivity contribution is 5.90. The lowest BCUT2D eigenvalue weighted by Gasteiger charge is -2.41. The number of aliphatic carboxylic acids is 1. The maximum absolute atomic E-state index is 14.5. The molecule has 0 aromatic heterocycles. The number of hydrogen-bond donors (Lipinski definition) is 4. The maximum atomic E-state index is 14.5. The Morgan fingerprint density at radius 1 is 0.917 bits per heavy atom. The van der Waals surface area contributed by atoms with Crippen molar-refractivity contribution in [1.82, 2.24) is 35.6 Å². The predicted molar refractivity (Wildman–Crippen MR) is 234 cm³/mol. The number of likely N-dealkylation sites (N-methyl/N-ethyl adjacent to an activating group) is 2. The average Bonchev–Trinajstić information content (AvgIpc) is 3.71. The third kappa shape index (κ3) is 14.1. The third-order valence-electron chi connectivity index (χ3n) is 13.1. The predicted octanol–water partition coefficient (Wildman–Crippen LogP) is 3.00. The van der Waals surface area contributed by atoms with Crippen molar-refractivity contribution in [1.29, 1.82) is 0 Å². The summed E-state index contributed by atoms with van der Waals surface area (Å²) >= 11 is 0. The summed E-state index contributed by atoms with van der Waals surface area (Å²) in [7, 11) is 6.78. The molecule has 10 atom stereocenters. The molecule has 0 bridgehead atoms. The van der Waals surface area contributed by atoms with Gasteiger partial charge in [0.25, 0.3) is 0 Å². The van der Waals surface area contributed by atoms with Gasteiger partial charge in [0.2, 0.25) is 23.6 Å². The molecule has 0 aromatic carbocycles. The summed E-state index contributed by atoms with van der Waals surface area (Å²) in [5.74, 6) is -3.10. The van der Waals surface area contributed by atoms with Crippen LogP contribution in [0.25, 0.3) is 0 Å². The number of carboxylic acid groups (broad SMARTS) is 1. The molecule has 2 saturated heterocycles. The van der Waals surface area contributed by atoms with E-state index in [-0.39, 0.29) is 54.2 Å². The lowest BCUT2D eigenvalue weighted by atomic mass is 9.89. The van der Waals surface area contributed by atoms with Crippen LogP contribution in [0.15, 0.2) is 24.3 Å². The van der Waals surface area contributed by atoms with Crippen molar-refractivity contribution in [3.63, 3.8) is 0 Å². The van der Waals surface area contributed by atoms with Crippen molar-refractivity contribution in [2.24, 2.45) is 29.6 Å². The van der Waals surface area contributed by atoms with E-state index in [1.807, 2.05) is 72.9 Å². The van der Waals surface area contributed by atoms with E-state index >= 15 is 0 Å². The Kier molecular flexibility index (Phi) is 21.2. The molecule has 4 N–H and O–H groups in total. The largest absolute Gasteiger partial charge is 0.480 e. The first-order chi connectivity index (χ1) is 28.5. The summed E-state index contributed by atoms with van der Waals surface area (Å²) in [5.41, 5.74) is 0. The Bertz CT molecular complexity index is 1450. The Balaban J connectivity index is 1.74. The molecule has 10 unspecified atom stereocenters. The molecule has 2 heterocycles. The second kappa shape index (κ2) is 24.9. The number of piperazine rings is 1. The van der Waals surface area contributed by atoms with Gasteiger partial charge in [-0.05, 0) is 56.4 Å². The fraction of sp³-hybridized carbons (Fsp3) is 0.800. The van der Waals surface area contributed by atoms with Crippen molar-refractivity contribution in [3.8, 4) is 0 Å². The molecule has 0 aromatic rings. The Labute approximate surface area is 360 Å². The Morgan fingerprint density at radius 2 is 1.60 bits per heavy atom. The molecule has 2 aliphatic heterocycles. The molecule has 4 amide bonds. The van der Waals surface area contributed by atoms with Gasteiger partial charge in [0.15, 0.2) is 0 Å². The van der Waals surface area contributed by atoms with Crippen LogP contribution < -0.4 is 16.0 Å². The molecule has 15 heteroatoms. The van der Waals surface area contributed by atoms with Crippen LogP contribution in [0.4, 0.5) is 0 Å². The van der Waals surface area contributed by atoms with E-state index in [1.165, 1.54) is 7.11 Å². The average molecular weight is 846 g/mol. The maximum Gasteiger partial charge on any atom is 0.326 e. The fourth-order valence-electron chi connectivity index (χ4n) is 9.30. The van der Waals surface area contributed by atoms with Crippen LogP contribution in [0.1, 0.15) is 87.0 Å². The zero-order valence-electron chi connectivity index (χ0n) is 38.5. The first kappa shape index (κ1) is 51.0. The number of ether oxygens (including phenoxy) is 2. The molecule has 0 radical (unpaired) electrons. The van der Waals surface area contributed by atoms with Gasteiger partial charge in [0.1, 0.15) is 12.1 Å². The highest BCUT2D eigenvalue weighted by Gasteiger charge is 2.43. The van der Waals surface area contributed by atoms with Crippen molar-refractivity contribution in [3.05, 3.63) is 24.3 Å². The molecule has 342 valence electrons. The highest BCUT2D eigenvalue weighted by Crippen LogP contribution is 2.30. The van der Waals surface area contributed by atoms with E-state index < -0.39 is 60.2 Å². The van der Waals surface area contributed by atoms with E-state index in [0.29, 0.717) is 25.8 Å². The monoisotopic (exact) mass is 846 g/mol. The molecule has 1 aliphatic carbocycles. The molecular weight excluding hydrogens is 767 g/mol. The molecule has 3 aliphatic rings. The van der Waals surface area contributed by atoms with Crippen molar-refractivity contribution in [2.45, 2.75) is 129 Å². The van der Waals surface area contributed by atoms with Crippen molar-refractivity contribution < 1.29 is 38.6 Å². The quantitative estimate of drug-likeness (QED) is 0.113. The number of rotatable bonds is 24. The van der Waals surface area contributed by atoms with E-state index in [9.17, 15) is 29.1 Å². The first-order valence-corrected chi connectivity index (χ1v) is 22.4. The standard InChI is InChI=1S/C45H79N7O8/c1-12-31(6)40(50(9)44(56)38(29(2)3)48-43(55)39(30(4)5)49(8)25-26-51-23-20-46-21-24-51)36(59-10)28-37(53)52-22-16-19-35(52)41(60-11)32(7)42(54)47-34(45(57)58)27-33-17-14-13-15-18-33/h13-15,17,29-36,38-41,46H,12,16,18-28H2,1-11H3,(H,47,54)(H,48,55)(H,57,58). The number of likely N-dealkylation sites (tertiary alicyclic amines) is 1. The zero-order valence-corrected chi connectivity index (χ0v) is 38.5. The van der Waals surface area contributed by atoms with Gasteiger partial charge in [-0.3, -0.25) is 29.0 Å². The van der Waals surface area contributed by atoms with Crippen molar-refractivity contribution >= 4 is 29.6 Å². The number of nitrogens with zero attached hydrogens (tertiary/aromatic N) is 4. The van der Waals surface area contributed by atoms with E-state index in [1.54, 1.807) is 30.9 Å². The molecule has 15 nitrogen and oxygen atoms in total. The third-order valence-corrected chi connectivity index (χ3v) is 13.1. The minimum Gasteiger partial charge on any atom is -0.480 e.